The highest BCUT2D eigenvalue weighted by molar-refractivity contribution is 9.10. The Hall–Kier alpha value is -0.980. The Bertz CT molecular complexity index is 439. The van der Waals surface area contributed by atoms with Gasteiger partial charge in [0.15, 0.2) is 0 Å². The van der Waals surface area contributed by atoms with Crippen LogP contribution in [0.5, 0.6) is 5.75 Å². The van der Waals surface area contributed by atoms with Gasteiger partial charge in [-0.05, 0) is 47.0 Å². The fourth-order valence-electron chi connectivity index (χ4n) is 1.75. The first-order valence-electron chi connectivity index (χ1n) is 5.72. The van der Waals surface area contributed by atoms with Crippen LogP contribution in [0.3, 0.4) is 0 Å². The zero-order valence-corrected chi connectivity index (χ0v) is 11.4. The molecule has 1 aromatic carbocycles. The second-order valence-corrected chi connectivity index (χ2v) is 4.86. The van der Waals surface area contributed by atoms with Gasteiger partial charge in [-0.15, -0.1) is 0 Å². The lowest BCUT2D eigenvalue weighted by molar-refractivity contribution is 0.0807. The third-order valence-electron chi connectivity index (χ3n) is 2.81. The molecule has 0 aliphatic carbocycles. The highest BCUT2D eigenvalue weighted by Gasteiger charge is 2.10. The van der Waals surface area contributed by atoms with Crippen molar-refractivity contribution in [2.24, 2.45) is 5.92 Å². The van der Waals surface area contributed by atoms with Crippen LogP contribution < -0.4 is 4.74 Å². The molecule has 0 unspecified atom stereocenters. The first-order valence-corrected chi connectivity index (χ1v) is 6.51. The predicted molar refractivity (Wildman–Crippen MR) is 71.1 cm³/mol. The predicted octanol–water partition coefficient (Wildman–Crippen LogP) is 3.24. The monoisotopic (exact) mass is 294 g/mol. The van der Waals surface area contributed by atoms with Crippen molar-refractivity contribution in [3.05, 3.63) is 28.2 Å². The molecule has 1 aliphatic heterocycles. The number of hydrogen-bond acceptors (Lipinski definition) is 2. The number of halogens is 1. The van der Waals surface area contributed by atoms with E-state index in [0.29, 0.717) is 5.92 Å². The van der Waals surface area contributed by atoms with Crippen LogP contribution in [0.4, 0.5) is 0 Å². The normalized spacial score (nSPS) is 16.1. The van der Waals surface area contributed by atoms with E-state index in [4.69, 9.17) is 9.47 Å². The van der Waals surface area contributed by atoms with Crippen LogP contribution in [-0.2, 0) is 4.74 Å². The number of rotatable bonds is 1. The maximum absolute atomic E-state index is 5.31. The topological polar surface area (TPSA) is 18.5 Å². The Morgan fingerprint density at radius 3 is 2.82 bits per heavy atom. The molecule has 17 heavy (non-hydrogen) atoms. The van der Waals surface area contributed by atoms with E-state index in [2.05, 4.69) is 27.8 Å². The molecule has 2 rings (SSSR count). The molecule has 0 atom stereocenters. The smallest absolute Gasteiger partial charge is 0.120 e. The lowest BCUT2D eigenvalue weighted by Gasteiger charge is -2.16. The number of ether oxygens (including phenoxy) is 2. The molecule has 1 aromatic rings. The van der Waals surface area contributed by atoms with Crippen LogP contribution in [0.1, 0.15) is 18.4 Å². The third kappa shape index (κ3) is 3.49. The molecule has 2 nitrogen and oxygen atoms in total. The summed E-state index contributed by atoms with van der Waals surface area (Å²) < 4.78 is 11.5. The van der Waals surface area contributed by atoms with Crippen LogP contribution in [-0.4, -0.2) is 20.3 Å². The van der Waals surface area contributed by atoms with E-state index in [9.17, 15) is 0 Å². The molecule has 0 radical (unpaired) electrons. The average molecular weight is 295 g/mol. The van der Waals surface area contributed by atoms with Gasteiger partial charge in [-0.1, -0.05) is 11.8 Å². The second kappa shape index (κ2) is 6.09. The van der Waals surface area contributed by atoms with Crippen molar-refractivity contribution in [3.8, 4) is 17.6 Å². The van der Waals surface area contributed by atoms with Crippen molar-refractivity contribution < 1.29 is 9.47 Å². The lowest BCUT2D eigenvalue weighted by Crippen LogP contribution is -2.13. The van der Waals surface area contributed by atoms with Crippen molar-refractivity contribution >= 4 is 15.9 Å². The van der Waals surface area contributed by atoms with Crippen LogP contribution >= 0.6 is 15.9 Å². The fraction of sp³-hybridized carbons (Fsp3) is 0.429. The van der Waals surface area contributed by atoms with Gasteiger partial charge in [0, 0.05) is 29.2 Å². The quantitative estimate of drug-likeness (QED) is 0.741. The Morgan fingerprint density at radius 2 is 2.12 bits per heavy atom. The van der Waals surface area contributed by atoms with E-state index in [1.54, 1.807) is 7.11 Å². The molecule has 1 fully saturated rings. The van der Waals surface area contributed by atoms with Gasteiger partial charge in [0.1, 0.15) is 5.75 Å². The zero-order chi connectivity index (χ0) is 12.1. The summed E-state index contributed by atoms with van der Waals surface area (Å²) in [6.07, 6.45) is 2.07. The largest absolute Gasteiger partial charge is 0.497 e. The summed E-state index contributed by atoms with van der Waals surface area (Å²) in [5.74, 6) is 7.84. The Kier molecular flexibility index (Phi) is 4.47. The highest BCUT2D eigenvalue weighted by atomic mass is 79.9. The minimum Gasteiger partial charge on any atom is -0.497 e. The summed E-state index contributed by atoms with van der Waals surface area (Å²) in [6, 6.07) is 5.84. The fourth-order valence-corrected chi connectivity index (χ4v) is 2.09. The highest BCUT2D eigenvalue weighted by Crippen LogP contribution is 2.22. The molecular weight excluding hydrogens is 280 g/mol. The van der Waals surface area contributed by atoms with E-state index < -0.39 is 0 Å². The Balaban J connectivity index is 2.14. The van der Waals surface area contributed by atoms with Crippen molar-refractivity contribution in [2.75, 3.05) is 20.3 Å². The van der Waals surface area contributed by atoms with E-state index in [0.717, 1.165) is 41.8 Å². The Labute approximate surface area is 110 Å². The van der Waals surface area contributed by atoms with Crippen molar-refractivity contribution in [3.63, 3.8) is 0 Å². The maximum Gasteiger partial charge on any atom is 0.120 e. The van der Waals surface area contributed by atoms with Crippen LogP contribution in [0.2, 0.25) is 0 Å². The standard InChI is InChI=1S/C14H15BrO2/c1-16-13-4-5-14(15)12(10-13)3-2-11-6-8-17-9-7-11/h4-5,10-11H,6-9H2,1H3. The molecule has 0 bridgehead atoms. The van der Waals surface area contributed by atoms with Gasteiger partial charge >= 0.3 is 0 Å². The van der Waals surface area contributed by atoms with Gasteiger partial charge < -0.3 is 9.47 Å². The maximum atomic E-state index is 5.31. The minimum absolute atomic E-state index is 0.460. The molecule has 0 saturated carbocycles. The summed E-state index contributed by atoms with van der Waals surface area (Å²) in [5.41, 5.74) is 0.982. The summed E-state index contributed by atoms with van der Waals surface area (Å²) in [4.78, 5) is 0. The summed E-state index contributed by atoms with van der Waals surface area (Å²) in [5, 5.41) is 0. The molecule has 1 heterocycles. The Morgan fingerprint density at radius 1 is 1.35 bits per heavy atom. The van der Waals surface area contributed by atoms with Crippen molar-refractivity contribution in [1.29, 1.82) is 0 Å². The second-order valence-electron chi connectivity index (χ2n) is 4.00. The van der Waals surface area contributed by atoms with Crippen molar-refractivity contribution in [2.45, 2.75) is 12.8 Å². The van der Waals surface area contributed by atoms with Gasteiger partial charge in [-0.2, -0.15) is 0 Å². The van der Waals surface area contributed by atoms with Crippen LogP contribution in [0.25, 0.3) is 0 Å². The van der Waals surface area contributed by atoms with E-state index in [1.807, 2.05) is 18.2 Å². The third-order valence-corrected chi connectivity index (χ3v) is 3.50. The first-order chi connectivity index (χ1) is 8.29. The van der Waals surface area contributed by atoms with Gasteiger partial charge in [-0.25, -0.2) is 0 Å². The minimum atomic E-state index is 0.460. The van der Waals surface area contributed by atoms with Crippen LogP contribution in [0.15, 0.2) is 22.7 Å². The van der Waals surface area contributed by atoms with E-state index in [-0.39, 0.29) is 0 Å². The molecule has 0 amide bonds. The molecule has 3 heteroatoms. The van der Waals surface area contributed by atoms with E-state index in [1.165, 1.54) is 0 Å². The number of benzene rings is 1. The van der Waals surface area contributed by atoms with Crippen molar-refractivity contribution in [1.82, 2.24) is 0 Å². The van der Waals surface area contributed by atoms with Gasteiger partial charge in [0.2, 0.25) is 0 Å². The number of methoxy groups -OCH3 is 1. The summed E-state index contributed by atoms with van der Waals surface area (Å²) in [6.45, 7) is 1.66. The summed E-state index contributed by atoms with van der Waals surface area (Å²) >= 11 is 3.50. The number of hydrogen-bond donors (Lipinski definition) is 0. The first kappa shape index (κ1) is 12.5. The molecule has 1 saturated heterocycles. The molecule has 1 aliphatic rings. The lowest BCUT2D eigenvalue weighted by atomic mass is 10.0. The molecule has 0 N–H and O–H groups in total. The molecular formula is C14H15BrO2. The van der Waals surface area contributed by atoms with Gasteiger partial charge in [0.05, 0.1) is 7.11 Å². The molecule has 90 valence electrons. The SMILES string of the molecule is COc1ccc(Br)c(C#CC2CCOCC2)c1. The summed E-state index contributed by atoms with van der Waals surface area (Å²) in [7, 11) is 1.67. The molecule has 0 aromatic heterocycles. The molecule has 0 spiro atoms. The zero-order valence-electron chi connectivity index (χ0n) is 9.83. The van der Waals surface area contributed by atoms with Crippen LogP contribution in [0, 0.1) is 17.8 Å². The van der Waals surface area contributed by atoms with Gasteiger partial charge in [0.25, 0.3) is 0 Å². The van der Waals surface area contributed by atoms with Gasteiger partial charge in [-0.3, -0.25) is 0 Å². The van der Waals surface area contributed by atoms with E-state index >= 15 is 0 Å². The average Bonchev–Trinajstić information content (AvgIpc) is 2.39.